The maximum atomic E-state index is 6.03. The van der Waals surface area contributed by atoms with E-state index in [9.17, 15) is 0 Å². The Hall–Kier alpha value is -1.86. The van der Waals surface area contributed by atoms with Gasteiger partial charge in [-0.15, -0.1) is 5.10 Å². The summed E-state index contributed by atoms with van der Waals surface area (Å²) in [4.78, 5) is 5.22. The summed E-state index contributed by atoms with van der Waals surface area (Å²) in [5.74, 6) is 0.915. The van der Waals surface area contributed by atoms with Crippen molar-refractivity contribution in [1.82, 2.24) is 9.59 Å². The molecular weight excluding hydrogens is 298 g/mol. The molecule has 0 aliphatic heterocycles. The van der Waals surface area contributed by atoms with Crippen LogP contribution >= 0.6 is 23.1 Å². The molecule has 6 nitrogen and oxygen atoms in total. The lowest BCUT2D eigenvalue weighted by Crippen LogP contribution is -2.22. The fourth-order valence-corrected chi connectivity index (χ4v) is 2.30. The summed E-state index contributed by atoms with van der Waals surface area (Å²) in [7, 11) is 1.57. The number of aromatic nitrogens is 2. The molecule has 0 saturated heterocycles. The Labute approximate surface area is 125 Å². The van der Waals surface area contributed by atoms with Crippen molar-refractivity contribution in [2.75, 3.05) is 12.4 Å². The summed E-state index contributed by atoms with van der Waals surface area (Å²) in [6.45, 7) is 2.34. The molecule has 0 spiro atoms. The Balaban J connectivity index is 2.02. The van der Waals surface area contributed by atoms with Crippen molar-refractivity contribution in [2.24, 2.45) is 10.7 Å². The van der Waals surface area contributed by atoms with Gasteiger partial charge in [0.1, 0.15) is 5.75 Å². The summed E-state index contributed by atoms with van der Waals surface area (Å²) < 4.78 is 8.93. The van der Waals surface area contributed by atoms with Crippen LogP contribution in [0.15, 0.2) is 23.2 Å². The average Bonchev–Trinajstić information content (AvgIpc) is 2.82. The summed E-state index contributed by atoms with van der Waals surface area (Å²) in [5, 5.41) is 7.39. The average molecular weight is 312 g/mol. The number of guanidine groups is 1. The van der Waals surface area contributed by atoms with E-state index in [4.69, 9.17) is 22.1 Å². The molecular formula is C12H14ClN5OS. The van der Waals surface area contributed by atoms with Crippen LogP contribution < -0.4 is 15.8 Å². The molecule has 1 heterocycles. The molecule has 2 aromatic rings. The Morgan fingerprint density at radius 2 is 2.35 bits per heavy atom. The number of benzene rings is 1. The van der Waals surface area contributed by atoms with Crippen LogP contribution in [0.4, 0.5) is 5.69 Å². The maximum absolute atomic E-state index is 6.03. The Morgan fingerprint density at radius 1 is 1.55 bits per heavy atom. The van der Waals surface area contributed by atoms with Gasteiger partial charge >= 0.3 is 0 Å². The second-order valence-electron chi connectivity index (χ2n) is 3.96. The number of ether oxygens (including phenoxy) is 1. The van der Waals surface area contributed by atoms with Gasteiger partial charge in [-0.25, -0.2) is 4.99 Å². The largest absolute Gasteiger partial charge is 0.495 e. The van der Waals surface area contributed by atoms with Crippen molar-refractivity contribution in [3.63, 3.8) is 0 Å². The van der Waals surface area contributed by atoms with Gasteiger partial charge in [0.05, 0.1) is 29.2 Å². The predicted molar refractivity (Wildman–Crippen MR) is 81.6 cm³/mol. The minimum atomic E-state index is 0.305. The van der Waals surface area contributed by atoms with Crippen LogP contribution in [-0.4, -0.2) is 22.7 Å². The van der Waals surface area contributed by atoms with Gasteiger partial charge in [-0.2, -0.15) is 0 Å². The van der Waals surface area contributed by atoms with E-state index < -0.39 is 0 Å². The zero-order valence-corrected chi connectivity index (χ0v) is 12.6. The van der Waals surface area contributed by atoms with Crippen LogP contribution in [0.2, 0.25) is 5.02 Å². The molecule has 0 unspecified atom stereocenters. The first kappa shape index (κ1) is 14.5. The monoisotopic (exact) mass is 311 g/mol. The normalized spacial score (nSPS) is 11.4. The number of nitrogens with two attached hydrogens (primary N) is 1. The molecule has 0 bridgehead atoms. The molecule has 0 radical (unpaired) electrons. The Morgan fingerprint density at radius 3 is 2.95 bits per heavy atom. The van der Waals surface area contributed by atoms with Crippen LogP contribution in [-0.2, 0) is 6.54 Å². The van der Waals surface area contributed by atoms with Gasteiger partial charge in [0.25, 0.3) is 0 Å². The van der Waals surface area contributed by atoms with E-state index in [0.717, 1.165) is 16.3 Å². The van der Waals surface area contributed by atoms with Gasteiger partial charge in [-0.05, 0) is 36.7 Å². The molecule has 1 aromatic heterocycles. The zero-order valence-electron chi connectivity index (χ0n) is 11.1. The van der Waals surface area contributed by atoms with Crippen molar-refractivity contribution in [2.45, 2.75) is 13.5 Å². The molecule has 20 heavy (non-hydrogen) atoms. The van der Waals surface area contributed by atoms with Crippen molar-refractivity contribution in [1.29, 1.82) is 0 Å². The van der Waals surface area contributed by atoms with E-state index in [1.54, 1.807) is 19.2 Å². The number of aliphatic imine (C=N–C) groups is 1. The van der Waals surface area contributed by atoms with Crippen LogP contribution in [0.5, 0.6) is 5.75 Å². The highest BCUT2D eigenvalue weighted by Crippen LogP contribution is 2.27. The number of nitrogens with one attached hydrogen (secondary N) is 1. The number of halogens is 1. The van der Waals surface area contributed by atoms with Crippen LogP contribution in [0.3, 0.4) is 0 Å². The topological polar surface area (TPSA) is 85.4 Å². The number of hydrogen-bond acceptors (Lipinski definition) is 5. The number of aryl methyl sites for hydroxylation is 1. The summed E-state index contributed by atoms with van der Waals surface area (Å²) >= 11 is 7.35. The number of rotatable bonds is 4. The van der Waals surface area contributed by atoms with Crippen LogP contribution in [0, 0.1) is 6.92 Å². The van der Waals surface area contributed by atoms with Gasteiger partial charge < -0.3 is 15.8 Å². The van der Waals surface area contributed by atoms with Gasteiger partial charge in [0, 0.05) is 5.69 Å². The molecule has 8 heteroatoms. The molecule has 2 rings (SSSR count). The number of anilines is 1. The zero-order chi connectivity index (χ0) is 14.5. The van der Waals surface area contributed by atoms with E-state index in [1.807, 2.05) is 13.0 Å². The van der Waals surface area contributed by atoms with E-state index in [2.05, 4.69) is 19.9 Å². The first-order chi connectivity index (χ1) is 9.60. The third kappa shape index (κ3) is 3.58. The van der Waals surface area contributed by atoms with Crippen molar-refractivity contribution in [3.8, 4) is 5.75 Å². The lowest BCUT2D eigenvalue weighted by atomic mass is 10.3. The van der Waals surface area contributed by atoms with E-state index in [1.165, 1.54) is 11.5 Å². The fourth-order valence-electron chi connectivity index (χ4n) is 1.48. The third-order valence-electron chi connectivity index (χ3n) is 2.56. The van der Waals surface area contributed by atoms with Crippen molar-refractivity contribution < 1.29 is 4.74 Å². The van der Waals surface area contributed by atoms with Crippen LogP contribution in [0.1, 0.15) is 10.6 Å². The van der Waals surface area contributed by atoms with E-state index >= 15 is 0 Å². The predicted octanol–water partition coefficient (Wildman–Crippen LogP) is 2.44. The smallest absolute Gasteiger partial charge is 0.193 e. The lowest BCUT2D eigenvalue weighted by molar-refractivity contribution is 0.415. The quantitative estimate of drug-likeness (QED) is 0.669. The molecule has 0 atom stereocenters. The van der Waals surface area contributed by atoms with Crippen molar-refractivity contribution >= 4 is 34.8 Å². The van der Waals surface area contributed by atoms with E-state index in [0.29, 0.717) is 23.3 Å². The SMILES string of the molecule is COc1ccc(NC(N)=NCc2snnc2C)cc1Cl. The standard InChI is InChI=1S/C12H14ClN5OS/c1-7-11(20-18-17-7)6-15-12(14)16-8-3-4-10(19-2)9(13)5-8/h3-5H,6H2,1-2H3,(H3,14,15,16). The molecule has 0 amide bonds. The third-order valence-corrected chi connectivity index (χ3v) is 3.67. The van der Waals surface area contributed by atoms with Crippen molar-refractivity contribution in [3.05, 3.63) is 33.8 Å². The van der Waals surface area contributed by atoms with Gasteiger partial charge in [0.15, 0.2) is 5.96 Å². The maximum Gasteiger partial charge on any atom is 0.193 e. The second kappa shape index (κ2) is 6.53. The molecule has 0 fully saturated rings. The highest BCUT2D eigenvalue weighted by Gasteiger charge is 2.04. The van der Waals surface area contributed by atoms with Gasteiger partial charge in [-0.1, -0.05) is 16.1 Å². The number of nitrogens with zero attached hydrogens (tertiary/aromatic N) is 3. The second-order valence-corrected chi connectivity index (χ2v) is 5.20. The molecule has 0 aliphatic carbocycles. The molecule has 3 N–H and O–H groups in total. The lowest BCUT2D eigenvalue weighted by Gasteiger charge is -2.08. The van der Waals surface area contributed by atoms with E-state index in [-0.39, 0.29) is 0 Å². The summed E-state index contributed by atoms with van der Waals surface area (Å²) in [5.41, 5.74) is 7.44. The Kier molecular flexibility index (Phi) is 4.75. The molecule has 0 aliphatic rings. The molecule has 0 saturated carbocycles. The minimum absolute atomic E-state index is 0.305. The van der Waals surface area contributed by atoms with Gasteiger partial charge in [0.2, 0.25) is 0 Å². The summed E-state index contributed by atoms with van der Waals surface area (Å²) in [6.07, 6.45) is 0. The summed E-state index contributed by atoms with van der Waals surface area (Å²) in [6, 6.07) is 5.30. The minimum Gasteiger partial charge on any atom is -0.495 e. The van der Waals surface area contributed by atoms with Gasteiger partial charge in [-0.3, -0.25) is 0 Å². The fraction of sp³-hybridized carbons (Fsp3) is 0.250. The molecule has 1 aromatic carbocycles. The highest BCUT2D eigenvalue weighted by atomic mass is 35.5. The number of methoxy groups -OCH3 is 1. The first-order valence-corrected chi connectivity index (χ1v) is 6.93. The Bertz CT molecular complexity index is 628. The highest BCUT2D eigenvalue weighted by molar-refractivity contribution is 7.05. The molecule has 106 valence electrons. The van der Waals surface area contributed by atoms with Crippen LogP contribution in [0.25, 0.3) is 0 Å². The first-order valence-electron chi connectivity index (χ1n) is 5.78. The number of hydrogen-bond donors (Lipinski definition) is 2.